The maximum absolute atomic E-state index is 2.34. The molecule has 0 N–H and O–H groups in total. The second-order valence-corrected chi connectivity index (χ2v) is 9.15. The van der Waals surface area contributed by atoms with Crippen LogP contribution in [0.2, 0.25) is 0 Å². The molecular formula is C30H18S. The fourth-order valence-corrected chi connectivity index (χ4v) is 6.36. The maximum Gasteiger partial charge on any atom is 0.0428 e. The SMILES string of the molecule is c1ccc(-c2sc3cccc4c(=C5c6ccccc6-c6ccccc65)ccc2c34)cc1. The average Bonchev–Trinajstić information content (AvgIpc) is 3.38. The highest BCUT2D eigenvalue weighted by Crippen LogP contribution is 2.44. The van der Waals surface area contributed by atoms with Crippen molar-refractivity contribution in [2.75, 3.05) is 0 Å². The minimum Gasteiger partial charge on any atom is -0.135 e. The molecule has 0 spiro atoms. The lowest BCUT2D eigenvalue weighted by molar-refractivity contribution is 1.60. The van der Waals surface area contributed by atoms with E-state index in [1.165, 1.54) is 64.3 Å². The molecular weight excluding hydrogens is 392 g/mol. The van der Waals surface area contributed by atoms with E-state index in [2.05, 4.69) is 109 Å². The third-order valence-electron chi connectivity index (χ3n) is 6.45. The van der Waals surface area contributed by atoms with Crippen LogP contribution in [0.3, 0.4) is 0 Å². The van der Waals surface area contributed by atoms with E-state index in [9.17, 15) is 0 Å². The zero-order chi connectivity index (χ0) is 20.4. The van der Waals surface area contributed by atoms with Crippen molar-refractivity contribution in [2.24, 2.45) is 0 Å². The van der Waals surface area contributed by atoms with Gasteiger partial charge in [0.05, 0.1) is 0 Å². The van der Waals surface area contributed by atoms with Gasteiger partial charge in [-0.25, -0.2) is 0 Å². The standard InChI is InChI=1S/C30H18S/c1-2-9-19(10-3-1)30-26-18-17-25(24-15-8-16-27(31-30)29(24)26)28-22-13-6-4-11-20(22)21-12-5-7-14-23(21)28/h1-18H. The van der Waals surface area contributed by atoms with Gasteiger partial charge in [0, 0.05) is 20.3 Å². The molecule has 5 aromatic carbocycles. The smallest absolute Gasteiger partial charge is 0.0428 e. The summed E-state index contributed by atoms with van der Waals surface area (Å²) in [7, 11) is 0. The second kappa shape index (κ2) is 6.41. The quantitative estimate of drug-likeness (QED) is 0.260. The minimum atomic E-state index is 1.29. The molecule has 0 amide bonds. The fourth-order valence-electron chi connectivity index (χ4n) is 5.14. The summed E-state index contributed by atoms with van der Waals surface area (Å²) < 4.78 is 1.35. The molecule has 0 saturated heterocycles. The van der Waals surface area contributed by atoms with Crippen LogP contribution >= 0.6 is 11.3 Å². The molecule has 1 heterocycles. The first-order valence-corrected chi connectivity index (χ1v) is 11.4. The first-order chi connectivity index (χ1) is 15.4. The van der Waals surface area contributed by atoms with Crippen molar-refractivity contribution in [1.82, 2.24) is 0 Å². The predicted octanol–water partition coefficient (Wildman–Crippen LogP) is 7.67. The molecule has 0 atom stereocenters. The molecule has 1 aromatic heterocycles. The van der Waals surface area contributed by atoms with Gasteiger partial charge in [0.1, 0.15) is 0 Å². The second-order valence-electron chi connectivity index (χ2n) is 8.10. The Hall–Kier alpha value is -3.68. The van der Waals surface area contributed by atoms with Gasteiger partial charge in [-0.3, -0.25) is 0 Å². The van der Waals surface area contributed by atoms with Crippen LogP contribution in [0.1, 0.15) is 11.1 Å². The number of thiophene rings is 1. The molecule has 0 saturated carbocycles. The van der Waals surface area contributed by atoms with Crippen LogP contribution < -0.4 is 5.22 Å². The number of hydrogen-bond donors (Lipinski definition) is 0. The van der Waals surface area contributed by atoms with E-state index >= 15 is 0 Å². The van der Waals surface area contributed by atoms with Crippen LogP contribution in [0.4, 0.5) is 0 Å². The van der Waals surface area contributed by atoms with Gasteiger partial charge in [-0.1, -0.05) is 103 Å². The Bertz CT molecular complexity index is 1620. The topological polar surface area (TPSA) is 0 Å². The third-order valence-corrected chi connectivity index (χ3v) is 7.67. The van der Waals surface area contributed by atoms with E-state index in [1.807, 2.05) is 11.3 Å². The van der Waals surface area contributed by atoms with E-state index in [0.717, 1.165) is 0 Å². The van der Waals surface area contributed by atoms with Crippen molar-refractivity contribution in [3.63, 3.8) is 0 Å². The molecule has 31 heavy (non-hydrogen) atoms. The predicted molar refractivity (Wildman–Crippen MR) is 133 cm³/mol. The minimum absolute atomic E-state index is 1.29. The van der Waals surface area contributed by atoms with E-state index in [0.29, 0.717) is 0 Å². The molecule has 0 fully saturated rings. The highest BCUT2D eigenvalue weighted by atomic mass is 32.1. The molecule has 0 bridgehead atoms. The maximum atomic E-state index is 2.34. The van der Waals surface area contributed by atoms with Crippen molar-refractivity contribution < 1.29 is 0 Å². The van der Waals surface area contributed by atoms with Gasteiger partial charge in [-0.2, -0.15) is 0 Å². The Morgan fingerprint density at radius 1 is 0.452 bits per heavy atom. The Labute approximate surface area is 184 Å². The molecule has 7 rings (SSSR count). The summed E-state index contributed by atoms with van der Waals surface area (Å²) in [6, 6.07) is 39.8. The Morgan fingerprint density at radius 3 is 1.81 bits per heavy atom. The highest BCUT2D eigenvalue weighted by molar-refractivity contribution is 7.23. The summed E-state index contributed by atoms with van der Waals surface area (Å²) in [6.07, 6.45) is 0. The first kappa shape index (κ1) is 17.0. The number of fused-ring (bicyclic) bond motifs is 3. The molecule has 1 heteroatoms. The summed E-state index contributed by atoms with van der Waals surface area (Å²) in [5.41, 5.74) is 7.99. The summed E-state index contributed by atoms with van der Waals surface area (Å²) >= 11 is 1.90. The lowest BCUT2D eigenvalue weighted by atomic mass is 9.95. The van der Waals surface area contributed by atoms with E-state index in [1.54, 1.807) is 0 Å². The lowest BCUT2D eigenvalue weighted by Crippen LogP contribution is -2.08. The van der Waals surface area contributed by atoms with Crippen LogP contribution in [-0.4, -0.2) is 0 Å². The molecule has 0 unspecified atom stereocenters. The molecule has 1 aliphatic carbocycles. The van der Waals surface area contributed by atoms with Crippen molar-refractivity contribution in [3.05, 3.63) is 126 Å². The summed E-state index contributed by atoms with van der Waals surface area (Å²) in [4.78, 5) is 1.36. The summed E-state index contributed by atoms with van der Waals surface area (Å²) in [5.74, 6) is 0. The number of rotatable bonds is 1. The monoisotopic (exact) mass is 410 g/mol. The van der Waals surface area contributed by atoms with Gasteiger partial charge in [-0.05, 0) is 50.1 Å². The molecule has 1 aliphatic rings. The summed E-state index contributed by atoms with van der Waals surface area (Å²) in [5, 5.41) is 5.41. The van der Waals surface area contributed by atoms with Crippen LogP contribution in [0, 0.1) is 0 Å². The zero-order valence-electron chi connectivity index (χ0n) is 16.8. The molecule has 6 aromatic rings. The van der Waals surface area contributed by atoms with Crippen LogP contribution in [0.25, 0.3) is 48.0 Å². The van der Waals surface area contributed by atoms with Gasteiger partial charge in [0.15, 0.2) is 0 Å². The Kier molecular flexibility index (Phi) is 3.52. The van der Waals surface area contributed by atoms with Crippen molar-refractivity contribution >= 4 is 37.8 Å². The lowest BCUT2D eigenvalue weighted by Gasteiger charge is -2.07. The first-order valence-electron chi connectivity index (χ1n) is 10.6. The van der Waals surface area contributed by atoms with Crippen LogP contribution in [-0.2, 0) is 0 Å². The van der Waals surface area contributed by atoms with Crippen molar-refractivity contribution in [1.29, 1.82) is 0 Å². The Balaban J connectivity index is 1.65. The van der Waals surface area contributed by atoms with Gasteiger partial charge >= 0.3 is 0 Å². The molecule has 0 nitrogen and oxygen atoms in total. The van der Waals surface area contributed by atoms with Gasteiger partial charge in [0.25, 0.3) is 0 Å². The number of hydrogen-bond acceptors (Lipinski definition) is 1. The van der Waals surface area contributed by atoms with Crippen LogP contribution in [0.15, 0.2) is 109 Å². The summed E-state index contributed by atoms with van der Waals surface area (Å²) in [6.45, 7) is 0. The largest absolute Gasteiger partial charge is 0.135 e. The van der Waals surface area contributed by atoms with E-state index < -0.39 is 0 Å². The molecule has 0 radical (unpaired) electrons. The van der Waals surface area contributed by atoms with Crippen molar-refractivity contribution in [3.8, 4) is 21.6 Å². The number of benzene rings is 5. The zero-order valence-corrected chi connectivity index (χ0v) is 17.6. The van der Waals surface area contributed by atoms with Gasteiger partial charge < -0.3 is 0 Å². The molecule has 0 aliphatic heterocycles. The van der Waals surface area contributed by atoms with Crippen molar-refractivity contribution in [2.45, 2.75) is 0 Å². The van der Waals surface area contributed by atoms with E-state index in [4.69, 9.17) is 0 Å². The fraction of sp³-hybridized carbons (Fsp3) is 0. The molecule has 144 valence electrons. The average molecular weight is 411 g/mol. The third kappa shape index (κ3) is 2.35. The normalized spacial score (nSPS) is 12.5. The van der Waals surface area contributed by atoms with Gasteiger partial charge in [-0.15, -0.1) is 11.3 Å². The van der Waals surface area contributed by atoms with Crippen LogP contribution in [0.5, 0.6) is 0 Å². The van der Waals surface area contributed by atoms with Gasteiger partial charge in [0.2, 0.25) is 0 Å². The van der Waals surface area contributed by atoms with E-state index in [-0.39, 0.29) is 0 Å². The Morgan fingerprint density at radius 2 is 1.10 bits per heavy atom. The highest BCUT2D eigenvalue weighted by Gasteiger charge is 2.24.